The van der Waals surface area contributed by atoms with E-state index in [0.29, 0.717) is 6.20 Å². The summed E-state index contributed by atoms with van der Waals surface area (Å²) in [7, 11) is 0.259. The molecule has 0 atom stereocenters. The van der Waals surface area contributed by atoms with Crippen LogP contribution in [0.1, 0.15) is 12.1 Å². The summed E-state index contributed by atoms with van der Waals surface area (Å²) in [6.07, 6.45) is -2.82. The van der Waals surface area contributed by atoms with E-state index in [1.807, 2.05) is 0 Å². The van der Waals surface area contributed by atoms with Crippen LogP contribution < -0.4 is 0 Å². The van der Waals surface area contributed by atoms with Gasteiger partial charge in [-0.2, -0.15) is 0 Å². The number of hydrogen-bond donors (Lipinski definition) is 0. The van der Waals surface area contributed by atoms with Crippen LogP contribution in [0.5, 0.6) is 0 Å². The van der Waals surface area contributed by atoms with Crippen LogP contribution in [0, 0.1) is 5.82 Å². The van der Waals surface area contributed by atoms with Crippen molar-refractivity contribution in [1.29, 1.82) is 0 Å². The molecular weight excluding hydrogens is 278 g/mol. The largest absolute Gasteiger partial charge is 0.281 e. The van der Waals surface area contributed by atoms with E-state index >= 15 is 0 Å². The van der Waals surface area contributed by atoms with Crippen LogP contribution >= 0.6 is 22.3 Å². The van der Waals surface area contributed by atoms with Crippen molar-refractivity contribution in [1.82, 2.24) is 4.98 Å². The maximum atomic E-state index is 12.8. The van der Waals surface area contributed by atoms with Crippen molar-refractivity contribution in [3.05, 3.63) is 22.7 Å². The van der Waals surface area contributed by atoms with E-state index in [1.54, 1.807) is 0 Å². The molecule has 0 unspecified atom stereocenters. The lowest BCUT2D eigenvalue weighted by molar-refractivity contribution is 0.142. The van der Waals surface area contributed by atoms with Crippen LogP contribution in [0.15, 0.2) is 11.1 Å². The molecule has 0 radical (unpaired) electrons. The fourth-order valence-electron chi connectivity index (χ4n) is 0.850. The summed E-state index contributed by atoms with van der Waals surface area (Å²) in [5, 5.41) is -0.990. The molecule has 1 aromatic rings. The summed E-state index contributed by atoms with van der Waals surface area (Å²) >= 11 is 5.22. The highest BCUT2D eigenvalue weighted by atomic mass is 35.7. The number of nitrogens with zero attached hydrogens (tertiary/aromatic N) is 1. The third-order valence-electron chi connectivity index (χ3n) is 1.41. The average Bonchev–Trinajstić information content (AvgIpc) is 2.06. The maximum absolute atomic E-state index is 12.8. The van der Waals surface area contributed by atoms with E-state index in [-0.39, 0.29) is 0 Å². The summed E-state index contributed by atoms with van der Waals surface area (Å²) in [5.41, 5.74) is -1.17. The Morgan fingerprint density at radius 2 is 1.93 bits per heavy atom. The van der Waals surface area contributed by atoms with Gasteiger partial charge in [0.25, 0.3) is 15.5 Å². The van der Waals surface area contributed by atoms with Crippen LogP contribution in [0.4, 0.5) is 13.2 Å². The Kier molecular flexibility index (Phi) is 3.47. The molecule has 9 heteroatoms. The first kappa shape index (κ1) is 12.5. The fourth-order valence-corrected chi connectivity index (χ4v) is 2.59. The van der Waals surface area contributed by atoms with Crippen LogP contribution in [0.25, 0.3) is 0 Å². The third kappa shape index (κ3) is 2.53. The lowest BCUT2D eigenvalue weighted by Gasteiger charge is -2.06. The zero-order chi connectivity index (χ0) is 11.8. The van der Waals surface area contributed by atoms with Crippen molar-refractivity contribution >= 4 is 31.3 Å². The lowest BCUT2D eigenvalue weighted by Crippen LogP contribution is -2.04. The summed E-state index contributed by atoms with van der Waals surface area (Å²) < 4.78 is 59.1. The van der Waals surface area contributed by atoms with E-state index in [2.05, 4.69) is 4.98 Å². The van der Waals surface area contributed by atoms with Crippen molar-refractivity contribution in [3.63, 3.8) is 0 Å². The third-order valence-corrected chi connectivity index (χ3v) is 3.25. The van der Waals surface area contributed by atoms with E-state index < -0.39 is 36.9 Å². The fraction of sp³-hybridized carbons (Fsp3) is 0.167. The second-order valence-corrected chi connectivity index (χ2v) is 5.25. The summed E-state index contributed by atoms with van der Waals surface area (Å²) in [4.78, 5) is 1.74. The molecule has 0 bridgehead atoms. The summed E-state index contributed by atoms with van der Waals surface area (Å²) in [6, 6.07) is 0. The van der Waals surface area contributed by atoms with Gasteiger partial charge in [0.2, 0.25) is 0 Å². The average molecular weight is 280 g/mol. The highest BCUT2D eigenvalue weighted by molar-refractivity contribution is 8.13. The highest BCUT2D eigenvalue weighted by Crippen LogP contribution is 2.33. The van der Waals surface area contributed by atoms with Gasteiger partial charge in [0.05, 0.1) is 11.2 Å². The van der Waals surface area contributed by atoms with Crippen LogP contribution in [0.3, 0.4) is 0 Å². The van der Waals surface area contributed by atoms with Gasteiger partial charge in [0.1, 0.15) is 10.6 Å². The molecule has 0 spiro atoms. The first-order chi connectivity index (χ1) is 6.75. The molecule has 0 fully saturated rings. The second-order valence-electron chi connectivity index (χ2n) is 2.37. The van der Waals surface area contributed by atoms with E-state index in [4.69, 9.17) is 22.3 Å². The number of aromatic nitrogens is 1. The van der Waals surface area contributed by atoms with Gasteiger partial charge < -0.3 is 0 Å². The molecule has 3 nitrogen and oxygen atoms in total. The molecule has 84 valence electrons. The van der Waals surface area contributed by atoms with Crippen LogP contribution in [0.2, 0.25) is 5.02 Å². The van der Waals surface area contributed by atoms with Gasteiger partial charge in [-0.05, 0) is 0 Å². The Morgan fingerprint density at radius 3 is 2.33 bits per heavy atom. The SMILES string of the molecule is O=S(=O)(Cl)c1c(C(F)F)ncc(F)c1Cl. The van der Waals surface area contributed by atoms with E-state index in [0.717, 1.165) is 0 Å². The molecule has 15 heavy (non-hydrogen) atoms. The first-order valence-corrected chi connectivity index (χ1v) is 6.00. The highest BCUT2D eigenvalue weighted by Gasteiger charge is 2.28. The molecule has 0 aliphatic carbocycles. The number of halogens is 5. The van der Waals surface area contributed by atoms with Crippen molar-refractivity contribution in [2.45, 2.75) is 11.3 Å². The molecule has 1 rings (SSSR count). The van der Waals surface area contributed by atoms with Crippen LogP contribution in [-0.2, 0) is 9.05 Å². The number of rotatable bonds is 2. The maximum Gasteiger partial charge on any atom is 0.281 e. The zero-order valence-corrected chi connectivity index (χ0v) is 9.04. The molecule has 0 amide bonds. The number of alkyl halides is 2. The minimum atomic E-state index is -4.57. The molecule has 0 N–H and O–H groups in total. The number of hydrogen-bond acceptors (Lipinski definition) is 3. The van der Waals surface area contributed by atoms with Gasteiger partial charge in [-0.15, -0.1) is 0 Å². The Morgan fingerprint density at radius 1 is 1.40 bits per heavy atom. The Hall–Kier alpha value is -0.530. The van der Waals surface area contributed by atoms with Crippen molar-refractivity contribution in [3.8, 4) is 0 Å². The zero-order valence-electron chi connectivity index (χ0n) is 6.72. The Balaban J connectivity index is 3.65. The minimum Gasteiger partial charge on any atom is -0.251 e. The van der Waals surface area contributed by atoms with Gasteiger partial charge in [-0.3, -0.25) is 4.98 Å². The minimum absolute atomic E-state index is 0.398. The molecule has 0 saturated carbocycles. The molecule has 0 saturated heterocycles. The Bertz CT molecular complexity index is 491. The summed E-state index contributed by atoms with van der Waals surface area (Å²) in [5.74, 6) is -1.24. The van der Waals surface area contributed by atoms with Gasteiger partial charge in [0, 0.05) is 10.7 Å². The molecule has 1 heterocycles. The molecule has 1 aromatic heterocycles. The van der Waals surface area contributed by atoms with Gasteiger partial charge in [-0.25, -0.2) is 21.6 Å². The molecule has 0 aliphatic rings. The normalized spacial score (nSPS) is 12.1. The van der Waals surface area contributed by atoms with E-state index in [1.165, 1.54) is 0 Å². The predicted octanol–water partition coefficient (Wildman–Crippen LogP) is 2.74. The molecular formula is C6H2Cl2F3NO2S. The molecule has 0 aromatic carbocycles. The Labute approximate surface area is 92.2 Å². The second kappa shape index (κ2) is 4.15. The van der Waals surface area contributed by atoms with E-state index in [9.17, 15) is 21.6 Å². The van der Waals surface area contributed by atoms with Crippen LogP contribution in [-0.4, -0.2) is 13.4 Å². The van der Waals surface area contributed by atoms with Crippen molar-refractivity contribution in [2.24, 2.45) is 0 Å². The van der Waals surface area contributed by atoms with Crippen molar-refractivity contribution in [2.75, 3.05) is 0 Å². The first-order valence-electron chi connectivity index (χ1n) is 3.32. The smallest absolute Gasteiger partial charge is 0.251 e. The summed E-state index contributed by atoms with van der Waals surface area (Å²) in [6.45, 7) is 0. The topological polar surface area (TPSA) is 47.0 Å². The predicted molar refractivity (Wildman–Crippen MR) is 47.2 cm³/mol. The lowest BCUT2D eigenvalue weighted by atomic mass is 10.3. The standard InChI is InChI=1S/C6H2Cl2F3NO2S/c7-3-2(9)1-12-4(6(10)11)5(3)15(8,13)14/h1,6H. The monoisotopic (exact) mass is 279 g/mol. The number of pyridine rings is 1. The van der Waals surface area contributed by atoms with Gasteiger partial charge in [-0.1, -0.05) is 11.6 Å². The quantitative estimate of drug-likeness (QED) is 0.782. The van der Waals surface area contributed by atoms with Crippen molar-refractivity contribution < 1.29 is 21.6 Å². The van der Waals surface area contributed by atoms with Gasteiger partial charge >= 0.3 is 0 Å². The van der Waals surface area contributed by atoms with Gasteiger partial charge in [0.15, 0.2) is 5.82 Å². The molecule has 0 aliphatic heterocycles.